The molecule has 51 heavy (non-hydrogen) atoms. The monoisotopic (exact) mass is 748 g/mol. The average Bonchev–Trinajstić information content (AvgIpc) is 3.02. The van der Waals surface area contributed by atoms with E-state index in [1.165, 1.54) is 30.6 Å². The number of carbonyl (C=O) groups excluding carboxylic acids is 2. The topological polar surface area (TPSA) is 103 Å². The van der Waals surface area contributed by atoms with Gasteiger partial charge in [0.2, 0.25) is 5.91 Å². The summed E-state index contributed by atoms with van der Waals surface area (Å²) in [5, 5.41) is 2.62. The molecule has 0 aliphatic carbocycles. The summed E-state index contributed by atoms with van der Waals surface area (Å²) in [5.74, 6) is -3.26. The third-order valence-corrected chi connectivity index (χ3v) is 14.1. The van der Waals surface area contributed by atoms with E-state index >= 15 is 4.39 Å². The Labute approximate surface area is 304 Å². The molecular weight excluding hydrogens is 701 g/mol. The summed E-state index contributed by atoms with van der Waals surface area (Å²) >= 11 is 5.88. The molecule has 1 aliphatic heterocycles. The average molecular weight is 749 g/mol. The van der Waals surface area contributed by atoms with Gasteiger partial charge in [-0.15, -0.1) is 0 Å². The molecule has 9 nitrogen and oxygen atoms in total. The van der Waals surface area contributed by atoms with Crippen LogP contribution in [0.2, 0.25) is 23.2 Å². The van der Waals surface area contributed by atoms with Gasteiger partial charge in [-0.2, -0.15) is 0 Å². The number of morpholine rings is 1. The molecule has 3 aromatic rings. The van der Waals surface area contributed by atoms with Crippen LogP contribution in [0.25, 0.3) is 0 Å². The molecule has 2 amide bonds. The summed E-state index contributed by atoms with van der Waals surface area (Å²) in [4.78, 5) is 36.3. The van der Waals surface area contributed by atoms with E-state index in [9.17, 15) is 18.4 Å². The van der Waals surface area contributed by atoms with Crippen molar-refractivity contribution in [2.24, 2.45) is 0 Å². The van der Waals surface area contributed by atoms with Crippen LogP contribution in [0.3, 0.4) is 0 Å². The Balaban J connectivity index is 1.48. The molecule has 14 heteroatoms. The number of halogens is 4. The highest BCUT2D eigenvalue weighted by Gasteiger charge is 2.41. The summed E-state index contributed by atoms with van der Waals surface area (Å²) in [6.45, 7) is 16.9. The van der Waals surface area contributed by atoms with Gasteiger partial charge in [-0.05, 0) is 81.1 Å². The summed E-state index contributed by atoms with van der Waals surface area (Å²) in [6.07, 6.45) is 4.14. The quantitative estimate of drug-likeness (QED) is 0.196. The zero-order valence-corrected chi connectivity index (χ0v) is 32.2. The zero-order valence-electron chi connectivity index (χ0n) is 30.5. The van der Waals surface area contributed by atoms with E-state index in [0.717, 1.165) is 12.4 Å². The van der Waals surface area contributed by atoms with Gasteiger partial charge in [-0.3, -0.25) is 19.7 Å². The number of nitrogens with zero attached hydrogens (tertiary/aromatic N) is 3. The highest BCUT2D eigenvalue weighted by molar-refractivity contribution is 6.74. The maximum atomic E-state index is 15.3. The predicted molar refractivity (Wildman–Crippen MR) is 193 cm³/mol. The number of amides is 2. The molecule has 2 aromatic heterocycles. The minimum absolute atomic E-state index is 0.0189. The van der Waals surface area contributed by atoms with E-state index in [2.05, 4.69) is 49.1 Å². The van der Waals surface area contributed by atoms with E-state index in [1.54, 1.807) is 31.7 Å². The minimum Gasteiger partial charge on any atom is -0.444 e. The third kappa shape index (κ3) is 11.0. The molecule has 1 aliphatic rings. The number of rotatable bonds is 11. The molecule has 4 rings (SSSR count). The van der Waals surface area contributed by atoms with E-state index in [4.69, 9.17) is 25.5 Å². The summed E-state index contributed by atoms with van der Waals surface area (Å²) in [6, 6.07) is 4.96. The minimum atomic E-state index is -2.12. The highest BCUT2D eigenvalue weighted by Crippen LogP contribution is 2.37. The van der Waals surface area contributed by atoms with Crippen LogP contribution < -0.4 is 5.32 Å². The van der Waals surface area contributed by atoms with Crippen LogP contribution in [-0.2, 0) is 25.1 Å². The van der Waals surface area contributed by atoms with Crippen molar-refractivity contribution in [2.45, 2.75) is 103 Å². The van der Waals surface area contributed by atoms with E-state index in [-0.39, 0.29) is 53.3 Å². The lowest BCUT2D eigenvalue weighted by Crippen LogP contribution is -2.56. The van der Waals surface area contributed by atoms with Gasteiger partial charge in [-0.1, -0.05) is 38.4 Å². The Kier molecular flexibility index (Phi) is 13.0. The van der Waals surface area contributed by atoms with Gasteiger partial charge in [-0.25, -0.2) is 18.0 Å². The van der Waals surface area contributed by atoms with Gasteiger partial charge in [0, 0.05) is 24.1 Å². The predicted octanol–water partition coefficient (Wildman–Crippen LogP) is 8.67. The largest absolute Gasteiger partial charge is 0.444 e. The lowest BCUT2D eigenvalue weighted by atomic mass is 9.89. The van der Waals surface area contributed by atoms with E-state index in [1.807, 2.05) is 0 Å². The van der Waals surface area contributed by atoms with Crippen molar-refractivity contribution in [2.75, 3.05) is 25.1 Å². The zero-order chi connectivity index (χ0) is 37.7. The molecule has 1 aromatic carbocycles. The van der Waals surface area contributed by atoms with Crippen molar-refractivity contribution in [1.82, 2.24) is 14.9 Å². The Morgan fingerprint density at radius 2 is 1.73 bits per heavy atom. The second-order valence-corrected chi connectivity index (χ2v) is 20.6. The first kappa shape index (κ1) is 40.3. The number of ether oxygens (including phenoxy) is 2. The van der Waals surface area contributed by atoms with Crippen molar-refractivity contribution >= 4 is 37.6 Å². The molecule has 1 fully saturated rings. The molecule has 1 N–H and O–H groups in total. The Bertz CT molecular complexity index is 1700. The van der Waals surface area contributed by atoms with Crippen LogP contribution >= 0.6 is 11.6 Å². The van der Waals surface area contributed by atoms with Crippen LogP contribution in [0.5, 0.6) is 0 Å². The highest BCUT2D eigenvalue weighted by atomic mass is 35.5. The van der Waals surface area contributed by atoms with Crippen LogP contribution in [-0.4, -0.2) is 72.7 Å². The first-order valence-electron chi connectivity index (χ1n) is 17.0. The molecule has 0 unspecified atom stereocenters. The Morgan fingerprint density at radius 1 is 1.02 bits per heavy atom. The van der Waals surface area contributed by atoms with Gasteiger partial charge in [0.25, 0.3) is 0 Å². The number of benzene rings is 1. The third-order valence-electron chi connectivity index (χ3n) is 9.30. The lowest BCUT2D eigenvalue weighted by molar-refractivity contribution is -0.116. The molecule has 0 saturated carbocycles. The van der Waals surface area contributed by atoms with E-state index < -0.39 is 55.4 Å². The van der Waals surface area contributed by atoms with Crippen molar-refractivity contribution in [3.8, 4) is 0 Å². The van der Waals surface area contributed by atoms with Crippen molar-refractivity contribution in [1.29, 1.82) is 0 Å². The fourth-order valence-corrected chi connectivity index (χ4v) is 6.59. The van der Waals surface area contributed by atoms with Gasteiger partial charge >= 0.3 is 6.09 Å². The van der Waals surface area contributed by atoms with Crippen molar-refractivity contribution in [3.05, 3.63) is 88.2 Å². The lowest BCUT2D eigenvalue weighted by Gasteiger charge is -2.43. The fourth-order valence-electron chi connectivity index (χ4n) is 5.43. The molecule has 0 bridgehead atoms. The second kappa shape index (κ2) is 16.4. The normalized spacial score (nSPS) is 17.6. The fraction of sp³-hybridized carbons (Fsp3) is 0.514. The smallest absolute Gasteiger partial charge is 0.410 e. The number of hydrogen-bond donors (Lipinski definition) is 1. The summed E-state index contributed by atoms with van der Waals surface area (Å²) < 4.78 is 62.2. The molecule has 3 atom stereocenters. The Morgan fingerprint density at radius 3 is 2.37 bits per heavy atom. The van der Waals surface area contributed by atoms with Crippen LogP contribution in [0, 0.1) is 17.5 Å². The molecule has 0 radical (unpaired) electrons. The number of nitrogens with one attached hydrogen (secondary N) is 1. The maximum Gasteiger partial charge on any atom is 0.410 e. The molecular formula is C37H48ClF3N4O5Si. The number of pyridine rings is 2. The van der Waals surface area contributed by atoms with Crippen molar-refractivity contribution in [3.63, 3.8) is 0 Å². The SMILES string of the molecule is CC(C)(C)OC(=O)N1C[C@@H](CCc2c(F)cncc2NC(=O)C[C@H](c2cncc(F)c2)c2ccc(Cl)c(F)c2)OC[C@H]1CO[Si](C)(C)C(C)(C)C. The maximum absolute atomic E-state index is 15.3. The first-order valence-corrected chi connectivity index (χ1v) is 20.3. The van der Waals surface area contributed by atoms with Crippen LogP contribution in [0.4, 0.5) is 23.7 Å². The standard InChI is InChI=1S/C37H48ClF3N4O5Si/c1-36(2,3)50-35(47)45-20-27(48-21-26(45)22-49-51(7,8)37(4,5)6)10-11-28-32(41)18-43-19-33(28)44-34(46)15-29(24-13-25(39)17-42-16-24)23-9-12-30(38)31(40)14-23/h9,12-14,16-19,26-27,29H,10-11,15,20-22H2,1-8H3,(H,44,46)/t26-,27+,29-/m0/s1. The second-order valence-electron chi connectivity index (χ2n) is 15.4. The molecule has 278 valence electrons. The van der Waals surface area contributed by atoms with Crippen LogP contribution in [0.1, 0.15) is 77.0 Å². The number of hydrogen-bond acceptors (Lipinski definition) is 7. The summed E-state index contributed by atoms with van der Waals surface area (Å²) in [7, 11) is -2.12. The van der Waals surface area contributed by atoms with Crippen LogP contribution in [0.15, 0.2) is 49.1 Å². The molecule has 0 spiro atoms. The Hall–Kier alpha value is -3.52. The van der Waals surface area contributed by atoms with E-state index in [0.29, 0.717) is 24.2 Å². The molecule has 1 saturated heterocycles. The van der Waals surface area contributed by atoms with Crippen molar-refractivity contribution < 1.29 is 36.7 Å². The summed E-state index contributed by atoms with van der Waals surface area (Å²) in [5.41, 5.74) is 0.375. The van der Waals surface area contributed by atoms with Gasteiger partial charge in [0.1, 0.15) is 23.1 Å². The van der Waals surface area contributed by atoms with Gasteiger partial charge in [0.05, 0.1) is 61.2 Å². The first-order chi connectivity index (χ1) is 23.7. The van der Waals surface area contributed by atoms with Gasteiger partial charge < -0.3 is 19.2 Å². The number of anilines is 1. The molecule has 3 heterocycles. The van der Waals surface area contributed by atoms with Gasteiger partial charge in [0.15, 0.2) is 8.32 Å². The number of carbonyl (C=O) groups is 2. The number of aromatic nitrogens is 2.